The average molecular weight is 403 g/mol. The molecule has 0 bridgehead atoms. The minimum atomic E-state index is -1.60. The molecule has 9 heteroatoms. The van der Waals surface area contributed by atoms with E-state index in [0.717, 1.165) is 11.8 Å². The highest BCUT2D eigenvalue weighted by Crippen LogP contribution is 2.34. The first-order valence-electron chi connectivity index (χ1n) is 8.98. The molecule has 2 aliphatic heterocycles. The molecule has 2 heterocycles. The Morgan fingerprint density at radius 2 is 1.79 bits per heavy atom. The molecule has 9 nitrogen and oxygen atoms in total. The molecule has 29 heavy (non-hydrogen) atoms. The number of hydrogen-bond acceptors (Lipinski definition) is 8. The van der Waals surface area contributed by atoms with E-state index in [9.17, 15) is 24.3 Å². The first-order chi connectivity index (χ1) is 13.8. The van der Waals surface area contributed by atoms with Crippen LogP contribution in [0.4, 0.5) is 0 Å². The standard InChI is InChI=1S/C20H21NO8/c1-4-9-27-20-14(17(28-11(3)23)15(24)16(29-20)10(2)22)21-18(25)12-7-5-6-8-13(12)19(21)26/h4-8,14-17,20,24H,1,9H2,2-3H3/t14-,15-,16-,17-,20-/m1/s1. The van der Waals surface area contributed by atoms with Gasteiger partial charge >= 0.3 is 5.97 Å². The van der Waals surface area contributed by atoms with Crippen LogP contribution >= 0.6 is 0 Å². The zero-order valence-electron chi connectivity index (χ0n) is 15.9. The fourth-order valence-corrected chi connectivity index (χ4v) is 3.55. The predicted octanol–water partition coefficient (Wildman–Crippen LogP) is 0.460. The Morgan fingerprint density at radius 3 is 2.28 bits per heavy atom. The zero-order valence-corrected chi connectivity index (χ0v) is 15.9. The van der Waals surface area contributed by atoms with Crippen LogP contribution in [0.5, 0.6) is 0 Å². The van der Waals surface area contributed by atoms with Crippen molar-refractivity contribution in [2.45, 2.75) is 44.5 Å². The summed E-state index contributed by atoms with van der Waals surface area (Å²) in [6.07, 6.45) is -4.30. The van der Waals surface area contributed by atoms with Crippen molar-refractivity contribution in [2.75, 3.05) is 6.61 Å². The number of ether oxygens (including phenoxy) is 3. The maximum Gasteiger partial charge on any atom is 0.303 e. The Hall–Kier alpha value is -2.88. The molecule has 1 fully saturated rings. The second-order valence-electron chi connectivity index (χ2n) is 6.74. The lowest BCUT2D eigenvalue weighted by molar-refractivity contribution is -0.268. The Kier molecular flexibility index (Phi) is 5.92. The lowest BCUT2D eigenvalue weighted by atomic mass is 9.93. The number of aliphatic hydroxyl groups is 1. The molecule has 1 saturated heterocycles. The molecule has 1 N–H and O–H groups in total. The molecule has 5 atom stereocenters. The number of esters is 1. The summed E-state index contributed by atoms with van der Waals surface area (Å²) in [7, 11) is 0. The number of nitrogens with zero attached hydrogens (tertiary/aromatic N) is 1. The number of Topliss-reactive ketones (excluding diaryl/α,β-unsaturated/α-hetero) is 1. The van der Waals surface area contributed by atoms with Crippen molar-refractivity contribution in [1.82, 2.24) is 4.90 Å². The van der Waals surface area contributed by atoms with Gasteiger partial charge in [-0.15, -0.1) is 6.58 Å². The minimum Gasteiger partial charge on any atom is -0.457 e. The van der Waals surface area contributed by atoms with Crippen LogP contribution in [0.1, 0.15) is 34.6 Å². The van der Waals surface area contributed by atoms with E-state index in [0.29, 0.717) is 0 Å². The third kappa shape index (κ3) is 3.71. The van der Waals surface area contributed by atoms with Crippen molar-refractivity contribution in [3.05, 3.63) is 48.0 Å². The maximum absolute atomic E-state index is 13.0. The van der Waals surface area contributed by atoms with Crippen molar-refractivity contribution >= 4 is 23.6 Å². The van der Waals surface area contributed by atoms with E-state index in [4.69, 9.17) is 14.2 Å². The molecule has 0 radical (unpaired) electrons. The second kappa shape index (κ2) is 8.24. The van der Waals surface area contributed by atoms with Gasteiger partial charge in [0.1, 0.15) is 18.2 Å². The molecular weight excluding hydrogens is 382 g/mol. The highest BCUT2D eigenvalue weighted by Gasteiger charge is 2.56. The summed E-state index contributed by atoms with van der Waals surface area (Å²) in [6, 6.07) is 4.90. The SMILES string of the molecule is C=CCO[C@@H]1O[C@H](C(C)=O)[C@@H](O)[C@H](OC(C)=O)[C@H]1N1C(=O)c2ccccc2C1=O. The van der Waals surface area contributed by atoms with Gasteiger partial charge < -0.3 is 19.3 Å². The van der Waals surface area contributed by atoms with E-state index in [1.54, 1.807) is 12.1 Å². The van der Waals surface area contributed by atoms with Gasteiger partial charge in [-0.2, -0.15) is 0 Å². The van der Waals surface area contributed by atoms with Crippen LogP contribution in [0.2, 0.25) is 0 Å². The van der Waals surface area contributed by atoms with Gasteiger partial charge in [0, 0.05) is 6.92 Å². The molecule has 0 unspecified atom stereocenters. The maximum atomic E-state index is 13.0. The van der Waals surface area contributed by atoms with Crippen LogP contribution in [0.3, 0.4) is 0 Å². The molecule has 1 aromatic rings. The first kappa shape index (κ1) is 20.8. The Bertz CT molecular complexity index is 831. The van der Waals surface area contributed by atoms with Gasteiger partial charge in [0.15, 0.2) is 18.2 Å². The minimum absolute atomic E-state index is 0.0299. The van der Waals surface area contributed by atoms with E-state index >= 15 is 0 Å². The van der Waals surface area contributed by atoms with Crippen molar-refractivity contribution in [1.29, 1.82) is 0 Å². The van der Waals surface area contributed by atoms with Crippen molar-refractivity contribution in [2.24, 2.45) is 0 Å². The van der Waals surface area contributed by atoms with Crippen LogP contribution in [-0.2, 0) is 23.8 Å². The summed E-state index contributed by atoms with van der Waals surface area (Å²) in [5.74, 6) is -2.57. The second-order valence-corrected chi connectivity index (χ2v) is 6.74. The highest BCUT2D eigenvalue weighted by atomic mass is 16.7. The molecule has 0 aliphatic carbocycles. The monoisotopic (exact) mass is 403 g/mol. The summed E-state index contributed by atoms with van der Waals surface area (Å²) in [5.41, 5.74) is 0.342. The van der Waals surface area contributed by atoms with Gasteiger partial charge in [0.2, 0.25) is 0 Å². The first-order valence-corrected chi connectivity index (χ1v) is 8.98. The highest BCUT2D eigenvalue weighted by molar-refractivity contribution is 6.21. The van der Waals surface area contributed by atoms with Crippen molar-refractivity contribution < 1.29 is 38.5 Å². The number of fused-ring (bicyclic) bond motifs is 1. The van der Waals surface area contributed by atoms with Gasteiger partial charge in [0.05, 0.1) is 17.7 Å². The number of imide groups is 1. The van der Waals surface area contributed by atoms with Crippen LogP contribution < -0.4 is 0 Å². The van der Waals surface area contributed by atoms with E-state index in [1.807, 2.05) is 0 Å². The molecule has 154 valence electrons. The lowest BCUT2D eigenvalue weighted by Gasteiger charge is -2.45. The normalized spacial score (nSPS) is 28.8. The summed E-state index contributed by atoms with van der Waals surface area (Å²) in [4.78, 5) is 50.4. The zero-order chi connectivity index (χ0) is 21.3. The van der Waals surface area contributed by atoms with Gasteiger partial charge in [-0.25, -0.2) is 0 Å². The summed E-state index contributed by atoms with van der Waals surface area (Å²) in [5, 5.41) is 10.7. The average Bonchev–Trinajstić information content (AvgIpc) is 2.92. The fourth-order valence-electron chi connectivity index (χ4n) is 3.55. The quantitative estimate of drug-likeness (QED) is 0.413. The van der Waals surface area contributed by atoms with E-state index in [-0.39, 0.29) is 17.7 Å². The number of carbonyl (C=O) groups is 4. The molecule has 0 aromatic heterocycles. The molecule has 3 rings (SSSR count). The molecule has 0 spiro atoms. The Balaban J connectivity index is 2.06. The van der Waals surface area contributed by atoms with Gasteiger partial charge in [0.25, 0.3) is 11.8 Å². The van der Waals surface area contributed by atoms with Gasteiger partial charge in [-0.05, 0) is 19.1 Å². The molecular formula is C20H21NO8. The number of rotatable bonds is 6. The van der Waals surface area contributed by atoms with Crippen molar-refractivity contribution in [3.63, 3.8) is 0 Å². The third-order valence-electron chi connectivity index (χ3n) is 4.75. The largest absolute Gasteiger partial charge is 0.457 e. The fraction of sp³-hybridized carbons (Fsp3) is 0.400. The summed E-state index contributed by atoms with van der Waals surface area (Å²) < 4.78 is 16.4. The predicted molar refractivity (Wildman–Crippen MR) is 97.8 cm³/mol. The number of amides is 2. The lowest BCUT2D eigenvalue weighted by Crippen LogP contribution is -2.67. The number of aliphatic hydroxyl groups excluding tert-OH is 1. The van der Waals surface area contributed by atoms with Crippen LogP contribution in [0, 0.1) is 0 Å². The molecule has 2 amide bonds. The van der Waals surface area contributed by atoms with E-state index in [2.05, 4.69) is 6.58 Å². The van der Waals surface area contributed by atoms with E-state index < -0.39 is 54.2 Å². The number of carbonyl (C=O) groups excluding carboxylic acids is 4. The molecule has 1 aromatic carbocycles. The van der Waals surface area contributed by atoms with Gasteiger partial charge in [-0.1, -0.05) is 18.2 Å². The van der Waals surface area contributed by atoms with E-state index in [1.165, 1.54) is 25.1 Å². The summed E-state index contributed by atoms with van der Waals surface area (Å²) in [6.45, 7) is 5.82. The summed E-state index contributed by atoms with van der Waals surface area (Å²) >= 11 is 0. The topological polar surface area (TPSA) is 119 Å². The third-order valence-corrected chi connectivity index (χ3v) is 4.75. The Labute approximate surface area is 166 Å². The smallest absolute Gasteiger partial charge is 0.303 e. The van der Waals surface area contributed by atoms with Gasteiger partial charge in [-0.3, -0.25) is 24.1 Å². The molecule has 2 aliphatic rings. The number of benzene rings is 1. The van der Waals surface area contributed by atoms with Crippen molar-refractivity contribution in [3.8, 4) is 0 Å². The number of hydrogen-bond donors (Lipinski definition) is 1. The Morgan fingerprint density at radius 1 is 1.21 bits per heavy atom. The number of ketones is 1. The molecule has 0 saturated carbocycles. The van der Waals surface area contributed by atoms with Crippen LogP contribution in [-0.4, -0.2) is 70.8 Å². The van der Waals surface area contributed by atoms with Crippen LogP contribution in [0.25, 0.3) is 0 Å². The van der Waals surface area contributed by atoms with Crippen LogP contribution in [0.15, 0.2) is 36.9 Å².